The normalized spacial score (nSPS) is 22.9. The van der Waals surface area contributed by atoms with Crippen LogP contribution < -0.4 is 5.73 Å². The summed E-state index contributed by atoms with van der Waals surface area (Å²) in [5.41, 5.74) is 8.83. The minimum Gasteiger partial charge on any atom is -0.370 e. The third-order valence-corrected chi connectivity index (χ3v) is 3.73. The molecule has 2 N–H and O–H groups in total. The van der Waals surface area contributed by atoms with Crippen LogP contribution in [0, 0.1) is 6.92 Å². The monoisotopic (exact) mass is 245 g/mol. The first-order chi connectivity index (χ1) is 8.67. The molecule has 3 heteroatoms. The molecule has 0 aliphatic heterocycles. The molecule has 0 amide bonds. The summed E-state index contributed by atoms with van der Waals surface area (Å²) in [6.07, 6.45) is 1.13. The van der Waals surface area contributed by atoms with E-state index >= 15 is 0 Å². The van der Waals surface area contributed by atoms with Crippen LogP contribution in [0.2, 0.25) is 0 Å². The number of benzene rings is 1. The van der Waals surface area contributed by atoms with Crippen molar-refractivity contribution in [2.24, 2.45) is 10.7 Å². The van der Waals surface area contributed by atoms with Gasteiger partial charge < -0.3 is 10.6 Å². The molecule has 1 aliphatic carbocycles. The molecular formula is C15H23N3. The molecule has 18 heavy (non-hydrogen) atoms. The summed E-state index contributed by atoms with van der Waals surface area (Å²) in [5, 5.41) is 0. The summed E-state index contributed by atoms with van der Waals surface area (Å²) < 4.78 is 0. The van der Waals surface area contributed by atoms with E-state index in [1.807, 2.05) is 0 Å². The van der Waals surface area contributed by atoms with Crippen LogP contribution in [0.1, 0.15) is 37.3 Å². The molecule has 2 unspecified atom stereocenters. The van der Waals surface area contributed by atoms with Crippen molar-refractivity contribution in [2.75, 3.05) is 13.1 Å². The van der Waals surface area contributed by atoms with E-state index in [1.54, 1.807) is 0 Å². The average molecular weight is 245 g/mol. The SMILES string of the molecule is CCN(CC)C(N)=NC1CC1c1ccccc1C. The maximum absolute atomic E-state index is 6.03. The van der Waals surface area contributed by atoms with Crippen molar-refractivity contribution in [1.29, 1.82) is 0 Å². The lowest BCUT2D eigenvalue weighted by atomic mass is 10.0. The molecule has 0 saturated heterocycles. The van der Waals surface area contributed by atoms with Crippen LogP contribution in [0.15, 0.2) is 29.3 Å². The quantitative estimate of drug-likeness (QED) is 0.654. The second kappa shape index (κ2) is 5.42. The summed E-state index contributed by atoms with van der Waals surface area (Å²) in [7, 11) is 0. The second-order valence-corrected chi connectivity index (χ2v) is 4.93. The number of guanidine groups is 1. The minimum absolute atomic E-state index is 0.381. The van der Waals surface area contributed by atoms with Crippen molar-refractivity contribution in [3.63, 3.8) is 0 Å². The molecule has 0 bridgehead atoms. The number of rotatable bonds is 4. The highest BCUT2D eigenvalue weighted by atomic mass is 15.3. The molecule has 1 aliphatic rings. The Labute approximate surface area is 110 Å². The molecule has 1 aromatic carbocycles. The van der Waals surface area contributed by atoms with E-state index in [0.717, 1.165) is 19.5 Å². The Morgan fingerprint density at radius 2 is 2.00 bits per heavy atom. The number of nitrogens with two attached hydrogens (primary N) is 1. The van der Waals surface area contributed by atoms with Gasteiger partial charge in [0.05, 0.1) is 6.04 Å². The van der Waals surface area contributed by atoms with Crippen LogP contribution in [0.25, 0.3) is 0 Å². The smallest absolute Gasteiger partial charge is 0.191 e. The van der Waals surface area contributed by atoms with Crippen LogP contribution in [-0.4, -0.2) is 30.0 Å². The molecule has 1 saturated carbocycles. The fourth-order valence-electron chi connectivity index (χ4n) is 2.46. The van der Waals surface area contributed by atoms with E-state index in [2.05, 4.69) is 54.9 Å². The van der Waals surface area contributed by atoms with Crippen LogP contribution >= 0.6 is 0 Å². The zero-order valence-corrected chi connectivity index (χ0v) is 11.6. The number of nitrogens with zero attached hydrogens (tertiary/aromatic N) is 2. The maximum Gasteiger partial charge on any atom is 0.191 e. The molecule has 2 atom stereocenters. The van der Waals surface area contributed by atoms with Crippen molar-refractivity contribution in [3.8, 4) is 0 Å². The van der Waals surface area contributed by atoms with Gasteiger partial charge in [-0.2, -0.15) is 0 Å². The molecule has 0 aromatic heterocycles. The fourth-order valence-corrected chi connectivity index (χ4v) is 2.46. The Kier molecular flexibility index (Phi) is 3.90. The molecule has 2 rings (SSSR count). The van der Waals surface area contributed by atoms with E-state index in [0.29, 0.717) is 17.9 Å². The lowest BCUT2D eigenvalue weighted by Gasteiger charge is -2.19. The van der Waals surface area contributed by atoms with Gasteiger partial charge in [0.25, 0.3) is 0 Å². The Bertz CT molecular complexity index is 435. The first-order valence-electron chi connectivity index (χ1n) is 6.81. The first kappa shape index (κ1) is 12.9. The van der Waals surface area contributed by atoms with Gasteiger partial charge in [0.15, 0.2) is 5.96 Å². The summed E-state index contributed by atoms with van der Waals surface area (Å²) in [4.78, 5) is 6.75. The third kappa shape index (κ3) is 2.66. The maximum atomic E-state index is 6.03. The van der Waals surface area contributed by atoms with Gasteiger partial charge in [0.2, 0.25) is 0 Å². The van der Waals surface area contributed by atoms with Gasteiger partial charge in [0, 0.05) is 19.0 Å². The van der Waals surface area contributed by atoms with Crippen molar-refractivity contribution in [1.82, 2.24) is 4.90 Å². The van der Waals surface area contributed by atoms with E-state index in [4.69, 9.17) is 5.73 Å². The highest BCUT2D eigenvalue weighted by Crippen LogP contribution is 2.44. The molecular weight excluding hydrogens is 222 g/mol. The summed E-state index contributed by atoms with van der Waals surface area (Å²) in [5.74, 6) is 1.27. The van der Waals surface area contributed by atoms with Gasteiger partial charge in [-0.15, -0.1) is 0 Å². The highest BCUT2D eigenvalue weighted by molar-refractivity contribution is 5.78. The third-order valence-electron chi connectivity index (χ3n) is 3.73. The topological polar surface area (TPSA) is 41.6 Å². The molecule has 98 valence electrons. The Balaban J connectivity index is 2.04. The van der Waals surface area contributed by atoms with Crippen molar-refractivity contribution < 1.29 is 0 Å². The Morgan fingerprint density at radius 1 is 1.33 bits per heavy atom. The number of hydrogen-bond donors (Lipinski definition) is 1. The lowest BCUT2D eigenvalue weighted by Crippen LogP contribution is -2.37. The summed E-state index contributed by atoms with van der Waals surface area (Å²) in [6, 6.07) is 8.95. The van der Waals surface area contributed by atoms with E-state index < -0.39 is 0 Å². The predicted octanol–water partition coefficient (Wildman–Crippen LogP) is 2.51. The van der Waals surface area contributed by atoms with E-state index in [-0.39, 0.29) is 0 Å². The molecule has 3 nitrogen and oxygen atoms in total. The highest BCUT2D eigenvalue weighted by Gasteiger charge is 2.39. The van der Waals surface area contributed by atoms with E-state index in [1.165, 1.54) is 11.1 Å². The van der Waals surface area contributed by atoms with Gasteiger partial charge in [0.1, 0.15) is 0 Å². The molecule has 1 fully saturated rings. The predicted molar refractivity (Wildman–Crippen MR) is 76.9 cm³/mol. The zero-order chi connectivity index (χ0) is 13.1. The van der Waals surface area contributed by atoms with Crippen LogP contribution in [0.4, 0.5) is 0 Å². The molecule has 1 aromatic rings. The van der Waals surface area contributed by atoms with Crippen LogP contribution in [0.5, 0.6) is 0 Å². The molecule has 0 radical (unpaired) electrons. The number of aliphatic imine (C=N–C) groups is 1. The summed E-state index contributed by atoms with van der Waals surface area (Å²) in [6.45, 7) is 8.23. The minimum atomic E-state index is 0.381. The zero-order valence-electron chi connectivity index (χ0n) is 11.6. The van der Waals surface area contributed by atoms with Gasteiger partial charge in [-0.1, -0.05) is 24.3 Å². The number of hydrogen-bond acceptors (Lipinski definition) is 1. The average Bonchev–Trinajstić information content (AvgIpc) is 3.10. The first-order valence-corrected chi connectivity index (χ1v) is 6.81. The van der Waals surface area contributed by atoms with Crippen LogP contribution in [-0.2, 0) is 0 Å². The van der Waals surface area contributed by atoms with Crippen LogP contribution in [0.3, 0.4) is 0 Å². The summed E-state index contributed by atoms with van der Waals surface area (Å²) >= 11 is 0. The standard InChI is InChI=1S/C15H23N3/c1-4-18(5-2)15(16)17-14-10-13(14)12-9-7-6-8-11(12)3/h6-9,13-14H,4-5,10H2,1-3H3,(H2,16,17). The van der Waals surface area contributed by atoms with Crippen molar-refractivity contribution >= 4 is 5.96 Å². The van der Waals surface area contributed by atoms with Gasteiger partial charge >= 0.3 is 0 Å². The van der Waals surface area contributed by atoms with Gasteiger partial charge in [-0.25, -0.2) is 4.99 Å². The molecule has 0 spiro atoms. The van der Waals surface area contributed by atoms with Gasteiger partial charge in [-0.05, 0) is 38.3 Å². The fraction of sp³-hybridized carbons (Fsp3) is 0.533. The number of aryl methyl sites for hydroxylation is 1. The van der Waals surface area contributed by atoms with E-state index in [9.17, 15) is 0 Å². The second-order valence-electron chi connectivity index (χ2n) is 4.93. The van der Waals surface area contributed by atoms with Crippen molar-refractivity contribution in [3.05, 3.63) is 35.4 Å². The Hall–Kier alpha value is -1.51. The largest absolute Gasteiger partial charge is 0.370 e. The van der Waals surface area contributed by atoms with Crippen molar-refractivity contribution in [2.45, 2.75) is 39.2 Å². The lowest BCUT2D eigenvalue weighted by molar-refractivity contribution is 0.458. The van der Waals surface area contributed by atoms with Gasteiger partial charge in [-0.3, -0.25) is 0 Å². The Morgan fingerprint density at radius 3 is 2.61 bits per heavy atom. The molecule has 0 heterocycles.